The Hall–Kier alpha value is -1.59. The lowest BCUT2D eigenvalue weighted by molar-refractivity contribution is 0.159. The normalized spacial score (nSPS) is 11.1. The van der Waals surface area contributed by atoms with E-state index in [0.29, 0.717) is 34.8 Å². The first-order valence-electron chi connectivity index (χ1n) is 8.42. The van der Waals surface area contributed by atoms with Crippen LogP contribution in [0.2, 0.25) is 10.0 Å². The van der Waals surface area contributed by atoms with E-state index < -0.39 is 0 Å². The van der Waals surface area contributed by atoms with Crippen LogP contribution in [0.15, 0.2) is 52.1 Å². The highest BCUT2D eigenvalue weighted by molar-refractivity contribution is 6.55. The molecule has 0 aliphatic heterocycles. The van der Waals surface area contributed by atoms with E-state index in [1.807, 2.05) is 38.1 Å². The van der Waals surface area contributed by atoms with E-state index in [1.165, 1.54) is 6.08 Å². The topological polar surface area (TPSA) is 40.0 Å². The van der Waals surface area contributed by atoms with Crippen molar-refractivity contribution in [3.05, 3.63) is 68.1 Å². The Labute approximate surface area is 184 Å². The monoisotopic (exact) mass is 461 g/mol. The highest BCUT2D eigenvalue weighted by Gasteiger charge is 2.11. The fourth-order valence-corrected chi connectivity index (χ4v) is 2.87. The van der Waals surface area contributed by atoms with Gasteiger partial charge in [-0.25, -0.2) is 0 Å². The molecule has 0 radical (unpaired) electrons. The van der Waals surface area contributed by atoms with Crippen LogP contribution < -0.4 is 9.47 Å². The third kappa shape index (κ3) is 7.10. The molecule has 0 spiro atoms. The number of hydrogen-bond donors (Lipinski definition) is 0. The van der Waals surface area contributed by atoms with Crippen LogP contribution in [0.3, 0.4) is 0 Å². The summed E-state index contributed by atoms with van der Waals surface area (Å²) in [6, 6.07) is 11.0. The van der Waals surface area contributed by atoms with Crippen LogP contribution in [0.5, 0.6) is 11.5 Å². The van der Waals surface area contributed by atoms with Crippen molar-refractivity contribution in [2.45, 2.75) is 20.5 Å². The average Bonchev–Trinajstić information content (AvgIpc) is 2.65. The Kier molecular flexibility index (Phi) is 9.26. The summed E-state index contributed by atoms with van der Waals surface area (Å²) >= 11 is 23.6. The zero-order valence-electron chi connectivity index (χ0n) is 15.3. The van der Waals surface area contributed by atoms with Crippen molar-refractivity contribution < 1.29 is 14.3 Å². The van der Waals surface area contributed by atoms with E-state index in [0.717, 1.165) is 16.8 Å². The number of halogens is 4. The Morgan fingerprint density at radius 2 is 1.68 bits per heavy atom. The van der Waals surface area contributed by atoms with Gasteiger partial charge in [-0.05, 0) is 31.1 Å². The highest BCUT2D eigenvalue weighted by Crippen LogP contribution is 2.37. The summed E-state index contributed by atoms with van der Waals surface area (Å²) in [4.78, 5) is 5.06. The van der Waals surface area contributed by atoms with Crippen LogP contribution in [0.4, 0.5) is 0 Å². The second-order valence-corrected chi connectivity index (χ2v) is 7.42. The van der Waals surface area contributed by atoms with Gasteiger partial charge in [-0.1, -0.05) is 75.8 Å². The molecule has 2 aromatic rings. The van der Waals surface area contributed by atoms with Crippen LogP contribution in [-0.4, -0.2) is 18.9 Å². The summed E-state index contributed by atoms with van der Waals surface area (Å²) < 4.78 is 11.4. The molecule has 0 amide bonds. The van der Waals surface area contributed by atoms with Crippen LogP contribution >= 0.6 is 46.4 Å². The quantitative estimate of drug-likeness (QED) is 0.296. The fraction of sp³-hybridized carbons (Fsp3) is 0.250. The molecular formula is C20H19Cl4NO3. The van der Waals surface area contributed by atoms with Gasteiger partial charge in [0.1, 0.15) is 30.1 Å². The smallest absolute Gasteiger partial charge is 0.157 e. The first-order valence-corrected chi connectivity index (χ1v) is 9.93. The van der Waals surface area contributed by atoms with Crippen LogP contribution in [0.25, 0.3) is 0 Å². The number of nitrogens with zero attached hydrogens (tertiary/aromatic N) is 1. The fourth-order valence-electron chi connectivity index (χ4n) is 2.17. The molecule has 0 aliphatic rings. The van der Waals surface area contributed by atoms with Gasteiger partial charge < -0.3 is 14.3 Å². The van der Waals surface area contributed by atoms with Gasteiger partial charge in [0, 0.05) is 12.1 Å². The summed E-state index contributed by atoms with van der Waals surface area (Å²) in [6.45, 7) is 4.82. The van der Waals surface area contributed by atoms with E-state index in [2.05, 4.69) is 5.16 Å². The van der Waals surface area contributed by atoms with Gasteiger partial charge in [-0.2, -0.15) is 0 Å². The summed E-state index contributed by atoms with van der Waals surface area (Å²) in [6.07, 6.45) is 1.51. The molecule has 8 heteroatoms. The molecule has 0 N–H and O–H groups in total. The molecule has 150 valence electrons. The molecule has 0 bridgehead atoms. The van der Waals surface area contributed by atoms with E-state index in [9.17, 15) is 0 Å². The van der Waals surface area contributed by atoms with Crippen molar-refractivity contribution in [1.82, 2.24) is 0 Å². The maximum atomic E-state index is 6.27. The van der Waals surface area contributed by atoms with E-state index in [1.54, 1.807) is 12.1 Å². The first-order chi connectivity index (χ1) is 13.4. The Balaban J connectivity index is 2.01. The maximum Gasteiger partial charge on any atom is 0.157 e. The second-order valence-electron chi connectivity index (χ2n) is 5.60. The molecule has 28 heavy (non-hydrogen) atoms. The molecule has 0 aromatic heterocycles. The van der Waals surface area contributed by atoms with Crippen molar-refractivity contribution in [2.24, 2.45) is 5.16 Å². The lowest BCUT2D eigenvalue weighted by Crippen LogP contribution is -2.00. The summed E-state index contributed by atoms with van der Waals surface area (Å²) in [5, 5.41) is 4.71. The minimum atomic E-state index is 0.127. The van der Waals surface area contributed by atoms with E-state index in [4.69, 9.17) is 60.7 Å². The molecule has 4 nitrogen and oxygen atoms in total. The van der Waals surface area contributed by atoms with Crippen molar-refractivity contribution in [3.63, 3.8) is 0 Å². The summed E-state index contributed by atoms with van der Waals surface area (Å²) in [5.74, 6) is 0.876. The zero-order chi connectivity index (χ0) is 20.5. The first kappa shape index (κ1) is 22.7. The summed E-state index contributed by atoms with van der Waals surface area (Å²) in [7, 11) is 0. The molecule has 0 unspecified atom stereocenters. The van der Waals surface area contributed by atoms with Crippen LogP contribution in [0.1, 0.15) is 25.0 Å². The number of oxime groups is 1. The lowest BCUT2D eigenvalue weighted by atomic mass is 10.1. The minimum Gasteiger partial charge on any atom is -0.489 e. The lowest BCUT2D eigenvalue weighted by Gasteiger charge is -2.12. The zero-order valence-corrected chi connectivity index (χ0v) is 18.4. The van der Waals surface area contributed by atoms with Crippen molar-refractivity contribution in [2.75, 3.05) is 13.2 Å². The second kappa shape index (κ2) is 11.4. The third-order valence-corrected chi connectivity index (χ3v) is 4.42. The number of benzene rings is 2. The molecule has 0 aliphatic carbocycles. The van der Waals surface area contributed by atoms with E-state index >= 15 is 0 Å². The van der Waals surface area contributed by atoms with Crippen molar-refractivity contribution in [3.8, 4) is 11.5 Å². The number of rotatable bonds is 9. The van der Waals surface area contributed by atoms with Crippen LogP contribution in [-0.2, 0) is 11.4 Å². The molecule has 2 rings (SSSR count). The number of ether oxygens (including phenoxy) is 2. The minimum absolute atomic E-state index is 0.127. The van der Waals surface area contributed by atoms with Gasteiger partial charge in [0.05, 0.1) is 15.8 Å². The predicted molar refractivity (Wildman–Crippen MR) is 116 cm³/mol. The molecule has 2 aromatic carbocycles. The van der Waals surface area contributed by atoms with E-state index in [-0.39, 0.29) is 11.1 Å². The standard InChI is InChI=1S/C20H19Cl4NO3/c1-3-28-25-13(2)15-6-4-14(5-7-15)12-27-20-17(21)10-16(11-18(20)22)26-9-8-19(23)24/h4-8,10-11H,3,9,12H2,1-2H3. The Morgan fingerprint density at radius 3 is 2.25 bits per heavy atom. The van der Waals surface area contributed by atoms with Crippen LogP contribution in [0, 0.1) is 0 Å². The molecule has 0 atom stereocenters. The largest absolute Gasteiger partial charge is 0.489 e. The molecule has 0 saturated heterocycles. The SMILES string of the molecule is CCON=C(C)c1ccc(COc2c(Cl)cc(OCC=C(Cl)Cl)cc2Cl)cc1. The molecule has 0 fully saturated rings. The third-order valence-electron chi connectivity index (χ3n) is 3.54. The van der Waals surface area contributed by atoms with Gasteiger partial charge in [0.15, 0.2) is 5.75 Å². The van der Waals surface area contributed by atoms with Crippen molar-refractivity contribution >= 4 is 52.1 Å². The van der Waals surface area contributed by atoms with Gasteiger partial charge in [0.2, 0.25) is 0 Å². The molecule has 0 saturated carbocycles. The Bertz CT molecular complexity index is 824. The van der Waals surface area contributed by atoms with Crippen molar-refractivity contribution in [1.29, 1.82) is 0 Å². The average molecular weight is 463 g/mol. The Morgan fingerprint density at radius 1 is 1.04 bits per heavy atom. The molecular weight excluding hydrogens is 444 g/mol. The van der Waals surface area contributed by atoms with Gasteiger partial charge in [-0.3, -0.25) is 0 Å². The van der Waals surface area contributed by atoms with Gasteiger partial charge in [0.25, 0.3) is 0 Å². The highest BCUT2D eigenvalue weighted by atomic mass is 35.5. The molecule has 0 heterocycles. The van der Waals surface area contributed by atoms with Gasteiger partial charge >= 0.3 is 0 Å². The van der Waals surface area contributed by atoms with Gasteiger partial charge in [-0.15, -0.1) is 0 Å². The maximum absolute atomic E-state index is 6.27. The number of hydrogen-bond acceptors (Lipinski definition) is 4. The predicted octanol–water partition coefficient (Wildman–Crippen LogP) is 7.03. The summed E-state index contributed by atoms with van der Waals surface area (Å²) in [5.41, 5.74) is 2.74.